The topological polar surface area (TPSA) is 81.2 Å². The number of aromatic nitrogens is 1. The van der Waals surface area contributed by atoms with Gasteiger partial charge in [0.1, 0.15) is 0 Å². The van der Waals surface area contributed by atoms with Gasteiger partial charge in [-0.2, -0.15) is 0 Å². The summed E-state index contributed by atoms with van der Waals surface area (Å²) in [6.45, 7) is 2.26. The molecule has 1 aromatic rings. The maximum Gasteiger partial charge on any atom is 0.225 e. The Kier molecular flexibility index (Phi) is 2.86. The average molecular weight is 249 g/mol. The molecule has 2 bridgehead atoms. The Morgan fingerprint density at radius 1 is 1.56 bits per heavy atom. The van der Waals surface area contributed by atoms with E-state index in [0.29, 0.717) is 24.1 Å². The molecule has 3 N–H and O–H groups in total. The maximum atomic E-state index is 12.2. The summed E-state index contributed by atoms with van der Waals surface area (Å²) in [5.41, 5.74) is 6.97. The Balaban J connectivity index is 1.59. The van der Waals surface area contributed by atoms with Crippen molar-refractivity contribution in [3.63, 3.8) is 0 Å². The molecule has 0 spiro atoms. The second kappa shape index (κ2) is 4.39. The number of hydrogen-bond donors (Lipinski definition) is 2. The highest BCUT2D eigenvalue weighted by Crippen LogP contribution is 2.47. The summed E-state index contributed by atoms with van der Waals surface area (Å²) in [5, 5.41) is 6.71. The summed E-state index contributed by atoms with van der Waals surface area (Å²) in [6.07, 6.45) is 3.47. The standard InChI is InChI=1S/C13H19N3O2/c1-7-4-10(18-16-7)6-15-13(17)11-8-2-3-9(5-8)12(11)14/h4,8-9,11-12H,2-3,5-6,14H2,1H3,(H,15,17). The average Bonchev–Trinajstić information content (AvgIpc) is 3.02. The molecule has 0 radical (unpaired) electrons. The Morgan fingerprint density at radius 2 is 2.33 bits per heavy atom. The van der Waals surface area contributed by atoms with E-state index in [2.05, 4.69) is 10.5 Å². The van der Waals surface area contributed by atoms with Gasteiger partial charge in [-0.25, -0.2) is 0 Å². The second-order valence-corrected chi connectivity index (χ2v) is 5.59. The van der Waals surface area contributed by atoms with Crippen LogP contribution in [0.2, 0.25) is 0 Å². The van der Waals surface area contributed by atoms with Crippen molar-refractivity contribution in [3.8, 4) is 0 Å². The molecule has 2 aliphatic rings. The molecule has 4 atom stereocenters. The van der Waals surface area contributed by atoms with Crippen molar-refractivity contribution < 1.29 is 9.32 Å². The van der Waals surface area contributed by atoms with E-state index < -0.39 is 0 Å². The molecule has 0 aromatic carbocycles. The third-order valence-corrected chi connectivity index (χ3v) is 4.40. The lowest BCUT2D eigenvalue weighted by molar-refractivity contribution is -0.127. The molecule has 1 aromatic heterocycles. The molecule has 5 heteroatoms. The summed E-state index contributed by atoms with van der Waals surface area (Å²) in [5.74, 6) is 1.80. The van der Waals surface area contributed by atoms with Crippen molar-refractivity contribution in [1.29, 1.82) is 0 Å². The van der Waals surface area contributed by atoms with Crippen LogP contribution in [0.25, 0.3) is 0 Å². The van der Waals surface area contributed by atoms with Crippen LogP contribution in [-0.2, 0) is 11.3 Å². The predicted octanol–water partition coefficient (Wildman–Crippen LogP) is 0.973. The fraction of sp³-hybridized carbons (Fsp3) is 0.692. The van der Waals surface area contributed by atoms with Gasteiger partial charge in [0.25, 0.3) is 0 Å². The van der Waals surface area contributed by atoms with Gasteiger partial charge >= 0.3 is 0 Å². The molecule has 18 heavy (non-hydrogen) atoms. The van der Waals surface area contributed by atoms with Crippen molar-refractivity contribution in [1.82, 2.24) is 10.5 Å². The zero-order valence-corrected chi connectivity index (χ0v) is 10.6. The van der Waals surface area contributed by atoms with Crippen LogP contribution < -0.4 is 11.1 Å². The van der Waals surface area contributed by atoms with Crippen LogP contribution in [0.3, 0.4) is 0 Å². The fourth-order valence-corrected chi connectivity index (χ4v) is 3.52. The number of nitrogens with two attached hydrogens (primary N) is 1. The fourth-order valence-electron chi connectivity index (χ4n) is 3.52. The van der Waals surface area contributed by atoms with Crippen LogP contribution >= 0.6 is 0 Å². The number of nitrogens with zero attached hydrogens (tertiary/aromatic N) is 1. The van der Waals surface area contributed by atoms with E-state index in [1.807, 2.05) is 13.0 Å². The quantitative estimate of drug-likeness (QED) is 0.836. The summed E-state index contributed by atoms with van der Waals surface area (Å²) >= 11 is 0. The highest BCUT2D eigenvalue weighted by Gasteiger charge is 2.48. The first-order valence-corrected chi connectivity index (χ1v) is 6.60. The molecule has 4 unspecified atom stereocenters. The molecule has 0 saturated heterocycles. The van der Waals surface area contributed by atoms with Gasteiger partial charge in [0.2, 0.25) is 5.91 Å². The number of carbonyl (C=O) groups excluding carboxylic acids is 1. The molecule has 0 aliphatic heterocycles. The van der Waals surface area contributed by atoms with Gasteiger partial charge in [0.05, 0.1) is 18.2 Å². The normalized spacial score (nSPS) is 33.9. The van der Waals surface area contributed by atoms with Crippen LogP contribution in [-0.4, -0.2) is 17.1 Å². The Labute approximate surface area is 106 Å². The molecule has 2 saturated carbocycles. The molecule has 5 nitrogen and oxygen atoms in total. The van der Waals surface area contributed by atoms with Crippen molar-refractivity contribution in [3.05, 3.63) is 17.5 Å². The number of carbonyl (C=O) groups is 1. The van der Waals surface area contributed by atoms with Gasteiger partial charge in [-0.15, -0.1) is 0 Å². The molecule has 1 amide bonds. The van der Waals surface area contributed by atoms with E-state index in [1.54, 1.807) is 0 Å². The highest BCUT2D eigenvalue weighted by atomic mass is 16.5. The summed E-state index contributed by atoms with van der Waals surface area (Å²) < 4.78 is 5.07. The third kappa shape index (κ3) is 1.92. The van der Waals surface area contributed by atoms with Crippen LogP contribution in [0, 0.1) is 24.7 Å². The molecule has 98 valence electrons. The smallest absolute Gasteiger partial charge is 0.225 e. The Bertz CT molecular complexity index is 455. The van der Waals surface area contributed by atoms with E-state index in [1.165, 1.54) is 6.42 Å². The van der Waals surface area contributed by atoms with Gasteiger partial charge < -0.3 is 15.6 Å². The van der Waals surface area contributed by atoms with Gasteiger partial charge in [0, 0.05) is 12.1 Å². The maximum absolute atomic E-state index is 12.2. The van der Waals surface area contributed by atoms with E-state index >= 15 is 0 Å². The SMILES string of the molecule is Cc1cc(CNC(=O)C2C3CCC(C3)C2N)on1. The van der Waals surface area contributed by atoms with Crippen LogP contribution in [0.5, 0.6) is 0 Å². The first-order chi connectivity index (χ1) is 8.65. The highest BCUT2D eigenvalue weighted by molar-refractivity contribution is 5.80. The molecule has 3 rings (SSSR count). The number of rotatable bonds is 3. The number of aryl methyl sites for hydroxylation is 1. The minimum absolute atomic E-state index is 0.00670. The first kappa shape index (κ1) is 11.7. The molecule has 2 aliphatic carbocycles. The van der Waals surface area contributed by atoms with Gasteiger partial charge in [-0.3, -0.25) is 4.79 Å². The van der Waals surface area contributed by atoms with Gasteiger partial charge in [-0.1, -0.05) is 5.16 Å². The number of amides is 1. The lowest BCUT2D eigenvalue weighted by Crippen LogP contribution is -2.45. The zero-order chi connectivity index (χ0) is 12.7. The molecule has 1 heterocycles. The van der Waals surface area contributed by atoms with Gasteiger partial charge in [-0.05, 0) is 38.0 Å². The largest absolute Gasteiger partial charge is 0.359 e. The second-order valence-electron chi connectivity index (χ2n) is 5.59. The third-order valence-electron chi connectivity index (χ3n) is 4.40. The first-order valence-electron chi connectivity index (χ1n) is 6.60. The number of hydrogen-bond acceptors (Lipinski definition) is 4. The lowest BCUT2D eigenvalue weighted by Gasteiger charge is -2.26. The minimum atomic E-state index is -0.00670. The predicted molar refractivity (Wildman–Crippen MR) is 65.4 cm³/mol. The number of fused-ring (bicyclic) bond motifs is 2. The molecular formula is C13H19N3O2. The zero-order valence-electron chi connectivity index (χ0n) is 10.6. The van der Waals surface area contributed by atoms with E-state index in [-0.39, 0.29) is 17.9 Å². The van der Waals surface area contributed by atoms with Crippen molar-refractivity contribution >= 4 is 5.91 Å². The van der Waals surface area contributed by atoms with Crippen LogP contribution in [0.15, 0.2) is 10.6 Å². The minimum Gasteiger partial charge on any atom is -0.359 e. The van der Waals surface area contributed by atoms with Gasteiger partial charge in [0.15, 0.2) is 5.76 Å². The summed E-state index contributed by atoms with van der Waals surface area (Å²) in [7, 11) is 0. The van der Waals surface area contributed by atoms with Crippen LogP contribution in [0.1, 0.15) is 30.7 Å². The van der Waals surface area contributed by atoms with Crippen LogP contribution in [0.4, 0.5) is 0 Å². The molecule has 2 fully saturated rings. The summed E-state index contributed by atoms with van der Waals surface area (Å²) in [6, 6.07) is 1.88. The lowest BCUT2D eigenvalue weighted by atomic mass is 9.84. The van der Waals surface area contributed by atoms with Crippen molar-refractivity contribution in [2.24, 2.45) is 23.5 Å². The van der Waals surface area contributed by atoms with E-state index in [4.69, 9.17) is 10.3 Å². The van der Waals surface area contributed by atoms with Crippen molar-refractivity contribution in [2.75, 3.05) is 0 Å². The van der Waals surface area contributed by atoms with E-state index in [0.717, 1.165) is 18.5 Å². The monoisotopic (exact) mass is 249 g/mol. The Hall–Kier alpha value is -1.36. The Morgan fingerprint density at radius 3 is 2.94 bits per heavy atom. The molecular weight excluding hydrogens is 230 g/mol. The number of nitrogens with one attached hydrogen (secondary N) is 1. The van der Waals surface area contributed by atoms with E-state index in [9.17, 15) is 4.79 Å². The van der Waals surface area contributed by atoms with Crippen molar-refractivity contribution in [2.45, 2.75) is 38.8 Å². The summed E-state index contributed by atoms with van der Waals surface area (Å²) in [4.78, 5) is 12.2.